The number of aryl methyl sites for hydroxylation is 4. The van der Waals surface area contributed by atoms with E-state index in [2.05, 4.69) is 349 Å². The fourth-order valence-electron chi connectivity index (χ4n) is 18.2. The van der Waals surface area contributed by atoms with Crippen molar-refractivity contribution < 1.29 is 1.43 Å². The number of hydrogen-bond acceptors (Lipinski definition) is 1. The average Bonchev–Trinajstić information content (AvgIpc) is 1.62. The molecule has 14 aromatic carbocycles. The summed E-state index contributed by atoms with van der Waals surface area (Å²) in [5.41, 5.74) is 35.4. The van der Waals surface area contributed by atoms with Gasteiger partial charge in [-0.05, 0) is 161 Å². The predicted molar refractivity (Wildman–Crippen MR) is 410 cm³/mol. The minimum atomic E-state index is -0.415. The van der Waals surface area contributed by atoms with Crippen LogP contribution >= 0.6 is 15.9 Å². The Balaban J connectivity index is 0.000000116. The van der Waals surface area contributed by atoms with Crippen molar-refractivity contribution in [1.82, 2.24) is 8.80 Å². The Kier molecular flexibility index (Phi) is 12.2. The van der Waals surface area contributed by atoms with Gasteiger partial charge in [0.2, 0.25) is 0 Å². The highest BCUT2D eigenvalue weighted by Crippen LogP contribution is 2.64. The van der Waals surface area contributed by atoms with E-state index < -0.39 is 5.41 Å². The topological polar surface area (TPSA) is 12.1 Å². The monoisotopic (exact) mass is 1290 g/mol. The van der Waals surface area contributed by atoms with E-state index in [1.165, 1.54) is 193 Å². The van der Waals surface area contributed by atoms with Crippen LogP contribution in [0.4, 0.5) is 17.1 Å². The van der Waals surface area contributed by atoms with Gasteiger partial charge in [-0.25, -0.2) is 0 Å². The molecule has 0 fully saturated rings. The first kappa shape index (κ1) is 56.5. The van der Waals surface area contributed by atoms with E-state index in [-0.39, 0.29) is 14.3 Å². The van der Waals surface area contributed by atoms with Crippen LogP contribution in [0.25, 0.3) is 98.4 Å². The molecule has 1 aliphatic heterocycles. The maximum Gasteiger partial charge on any atom is 0.0754 e. The van der Waals surface area contributed by atoms with E-state index in [1.54, 1.807) is 0 Å². The zero-order chi connectivity index (χ0) is 63.2. The lowest BCUT2D eigenvalue weighted by atomic mass is 9.61. The Labute approximate surface area is 568 Å². The smallest absolute Gasteiger partial charge is 0.0754 e. The predicted octanol–water partition coefficient (Wildman–Crippen LogP) is 24.7. The number of aromatic nitrogens is 2. The summed E-state index contributed by atoms with van der Waals surface area (Å²) in [6.07, 6.45) is 1.01. The number of benzene rings is 14. The molecular formula is C92H68BrN3. The van der Waals surface area contributed by atoms with E-state index in [1.807, 2.05) is 0 Å². The lowest BCUT2D eigenvalue weighted by Crippen LogP contribution is -2.36. The fraction of sp³-hybridized carbons (Fsp3) is 0.0870. The van der Waals surface area contributed by atoms with Gasteiger partial charge in [-0.3, -0.25) is 0 Å². The van der Waals surface area contributed by atoms with Gasteiger partial charge in [0.1, 0.15) is 0 Å². The number of rotatable bonds is 1. The lowest BCUT2D eigenvalue weighted by Gasteiger charge is -2.45. The van der Waals surface area contributed by atoms with Crippen molar-refractivity contribution in [3.63, 3.8) is 0 Å². The molecule has 18 aromatic rings. The second-order valence-corrected chi connectivity index (χ2v) is 27.9. The number of anilines is 3. The van der Waals surface area contributed by atoms with Crippen molar-refractivity contribution in [3.8, 4) is 22.3 Å². The van der Waals surface area contributed by atoms with Crippen molar-refractivity contribution in [2.24, 2.45) is 0 Å². The van der Waals surface area contributed by atoms with Crippen molar-refractivity contribution in [1.29, 1.82) is 0 Å². The molecule has 4 aliphatic rings. The number of hydrogen-bond donors (Lipinski definition) is 0. The van der Waals surface area contributed by atoms with Crippen LogP contribution in [-0.2, 0) is 17.3 Å². The summed E-state index contributed by atoms with van der Waals surface area (Å²) in [7, 11) is 0. The average molecular weight is 1300 g/mol. The molecule has 0 radical (unpaired) electrons. The van der Waals surface area contributed by atoms with E-state index in [0.29, 0.717) is 0 Å². The standard InChI is InChI=1S/C45H30N2.C28H22.C18H10BrN.CH4.H2/c1-27-18-22-41-38(24-27)45(36-15-6-3-10-30(36)31-11-4-7-16-37(31)45)39-25-28(2)19-23-42(39)46(41)29-20-21-33-35-14-9-13-34-32-12-5-8-17-40(32)47(44(34)35)43(33)26-29;1-18-11-13-20-17-21-14-12-19(2)16-27(21)28(26(20)15-18)24-9-5-3-7-22(24)23-8-4-6-10-25(23)28;19-11-8-9-13-15-6-3-5-14-12-4-1-2-7-16(12)20(18(14)15)17(13)10-11;;/h3-26H,1-2H3;3-16H,17H2,1-2H3;1-10H;1H4;1H. The Morgan fingerprint density at radius 2 is 0.635 bits per heavy atom. The highest BCUT2D eigenvalue weighted by Gasteiger charge is 2.53. The summed E-state index contributed by atoms with van der Waals surface area (Å²) >= 11 is 3.60. The molecule has 0 N–H and O–H groups in total. The van der Waals surface area contributed by atoms with Crippen LogP contribution in [0.5, 0.6) is 0 Å². The zero-order valence-electron chi connectivity index (χ0n) is 53.1. The third kappa shape index (κ3) is 7.48. The molecule has 0 amide bonds. The first-order chi connectivity index (χ1) is 46.7. The molecule has 5 heterocycles. The first-order valence-corrected chi connectivity index (χ1v) is 34.1. The maximum absolute atomic E-state index is 3.60. The van der Waals surface area contributed by atoms with E-state index in [0.717, 1.165) is 10.9 Å². The Morgan fingerprint density at radius 3 is 1.08 bits per heavy atom. The number of para-hydroxylation sites is 4. The van der Waals surface area contributed by atoms with Crippen LogP contribution in [-0.4, -0.2) is 8.80 Å². The number of halogens is 1. The van der Waals surface area contributed by atoms with Crippen molar-refractivity contribution in [2.75, 3.05) is 4.90 Å². The summed E-state index contributed by atoms with van der Waals surface area (Å²) in [4.78, 5) is 2.52. The van der Waals surface area contributed by atoms with Crippen LogP contribution in [0.1, 0.15) is 86.7 Å². The second-order valence-electron chi connectivity index (χ2n) is 27.0. The number of fused-ring (bicyclic) bond motifs is 30. The van der Waals surface area contributed by atoms with Crippen molar-refractivity contribution in [3.05, 3.63) is 374 Å². The van der Waals surface area contributed by atoms with Gasteiger partial charge in [-0.15, -0.1) is 0 Å². The van der Waals surface area contributed by atoms with Crippen LogP contribution in [0, 0.1) is 27.7 Å². The molecule has 458 valence electrons. The summed E-state index contributed by atoms with van der Waals surface area (Å²) in [5.74, 6) is 0. The molecule has 0 bridgehead atoms. The molecule has 0 unspecified atom stereocenters. The molecule has 0 saturated heterocycles. The van der Waals surface area contributed by atoms with Crippen molar-refractivity contribution >= 4 is 109 Å². The minimum absolute atomic E-state index is 0. The SMILES string of the molecule is Brc1ccc2c3cccc4c5ccccc5n(c2c1)c43.C.Cc1ccc2c(c1)C1(c3cc(C)ccc3C2)c2ccccc2-c2ccccc21.Cc1ccc2c(c1)C1(c3ccccc3-c3ccccc31)c1cc(C)ccc1N2c1ccc2c3cccc4c5ccccc5n(c2c1)c43.[HH]. The van der Waals surface area contributed by atoms with Gasteiger partial charge in [0.15, 0.2) is 0 Å². The van der Waals surface area contributed by atoms with Crippen LogP contribution < -0.4 is 4.90 Å². The molecule has 4 aromatic heterocycles. The third-order valence-corrected chi connectivity index (χ3v) is 22.4. The summed E-state index contributed by atoms with van der Waals surface area (Å²) in [5, 5.41) is 10.5. The molecule has 3 nitrogen and oxygen atoms in total. The van der Waals surface area contributed by atoms with Gasteiger partial charge < -0.3 is 13.7 Å². The van der Waals surface area contributed by atoms with Crippen LogP contribution in [0.2, 0.25) is 0 Å². The zero-order valence-corrected chi connectivity index (χ0v) is 54.7. The van der Waals surface area contributed by atoms with Gasteiger partial charge in [-0.2, -0.15) is 0 Å². The summed E-state index contributed by atoms with van der Waals surface area (Å²) in [6, 6.07) is 109. The van der Waals surface area contributed by atoms with E-state index >= 15 is 0 Å². The normalized spacial score (nSPS) is 13.9. The highest BCUT2D eigenvalue weighted by atomic mass is 79.9. The quantitative estimate of drug-likeness (QED) is 0.160. The highest BCUT2D eigenvalue weighted by molar-refractivity contribution is 9.10. The maximum atomic E-state index is 3.60. The molecule has 22 rings (SSSR count). The van der Waals surface area contributed by atoms with Crippen LogP contribution in [0.15, 0.2) is 296 Å². The van der Waals surface area contributed by atoms with E-state index in [4.69, 9.17) is 0 Å². The first-order valence-electron chi connectivity index (χ1n) is 33.3. The van der Waals surface area contributed by atoms with E-state index in [9.17, 15) is 0 Å². The second kappa shape index (κ2) is 20.7. The Morgan fingerprint density at radius 1 is 0.292 bits per heavy atom. The van der Waals surface area contributed by atoms with Gasteiger partial charge in [0.25, 0.3) is 0 Å². The number of nitrogens with zero attached hydrogens (tertiary/aromatic N) is 3. The lowest BCUT2D eigenvalue weighted by molar-refractivity contribution is 0.720. The van der Waals surface area contributed by atoms with Gasteiger partial charge in [-0.1, -0.05) is 288 Å². The third-order valence-electron chi connectivity index (χ3n) is 21.9. The summed E-state index contributed by atoms with van der Waals surface area (Å²) in [6.45, 7) is 8.89. The molecule has 4 heteroatoms. The summed E-state index contributed by atoms with van der Waals surface area (Å²) < 4.78 is 6.00. The Hall–Kier alpha value is -11.0. The molecule has 0 atom stereocenters. The molecule has 2 spiro atoms. The molecular weight excluding hydrogens is 1230 g/mol. The largest absolute Gasteiger partial charge is 0.310 e. The Bertz CT molecular complexity index is 6100. The van der Waals surface area contributed by atoms with Crippen molar-refractivity contribution in [2.45, 2.75) is 52.4 Å². The molecule has 96 heavy (non-hydrogen) atoms. The van der Waals surface area contributed by atoms with Gasteiger partial charge >= 0.3 is 0 Å². The minimum Gasteiger partial charge on any atom is -0.310 e. The molecule has 0 saturated carbocycles. The fourth-order valence-corrected chi connectivity index (χ4v) is 18.5. The van der Waals surface area contributed by atoms with Gasteiger partial charge in [0.05, 0.1) is 55.3 Å². The molecule has 3 aliphatic carbocycles. The van der Waals surface area contributed by atoms with Crippen LogP contribution in [0.3, 0.4) is 0 Å². The van der Waals surface area contributed by atoms with Gasteiger partial charge in [0, 0.05) is 54.7 Å².